The number of aryl methyl sites for hydroxylation is 1. The summed E-state index contributed by atoms with van der Waals surface area (Å²) in [7, 11) is 0. The monoisotopic (exact) mass is 456 g/mol. The van der Waals surface area contributed by atoms with Crippen molar-refractivity contribution in [2.75, 3.05) is 31.1 Å². The number of aliphatic carboxylic acids is 1. The number of carboxylic acids is 1. The van der Waals surface area contributed by atoms with E-state index in [1.54, 1.807) is 13.1 Å². The number of hydrogen-bond acceptors (Lipinski definition) is 6. The Morgan fingerprint density at radius 2 is 1.79 bits per heavy atom. The van der Waals surface area contributed by atoms with Crippen molar-refractivity contribution >= 4 is 29.5 Å². The molecule has 3 fully saturated rings. The van der Waals surface area contributed by atoms with Gasteiger partial charge in [0, 0.05) is 44.7 Å². The summed E-state index contributed by atoms with van der Waals surface area (Å²) in [5, 5.41) is 11.8. The molecule has 0 spiro atoms. The number of nitrogens with zero attached hydrogens (tertiary/aromatic N) is 3. The molecule has 0 aliphatic carbocycles. The minimum atomic E-state index is -0.783. The minimum absolute atomic E-state index is 0.0431. The number of imide groups is 1. The quantitative estimate of drug-likeness (QED) is 0.664. The molecule has 0 saturated carbocycles. The summed E-state index contributed by atoms with van der Waals surface area (Å²) in [4.78, 5) is 56.7. The second-order valence-corrected chi connectivity index (χ2v) is 9.87. The Morgan fingerprint density at radius 1 is 1.12 bits per heavy atom. The summed E-state index contributed by atoms with van der Waals surface area (Å²) in [6.07, 6.45) is 5.03. The summed E-state index contributed by atoms with van der Waals surface area (Å²) in [5.41, 5.74) is 1.07. The molecule has 1 aromatic heterocycles. The molecule has 0 aromatic carbocycles. The number of hydrogen-bond donors (Lipinski definition) is 2. The van der Waals surface area contributed by atoms with E-state index in [4.69, 9.17) is 0 Å². The molecule has 2 N–H and O–H groups in total. The van der Waals surface area contributed by atoms with Crippen molar-refractivity contribution in [1.29, 1.82) is 0 Å². The van der Waals surface area contributed by atoms with Crippen LogP contribution in [0.3, 0.4) is 0 Å². The molecule has 0 radical (unpaired) electrons. The Balaban J connectivity index is 1.33. The van der Waals surface area contributed by atoms with Crippen molar-refractivity contribution in [3.05, 3.63) is 23.4 Å². The number of nitrogens with one attached hydrogen (secondary N) is 1. The molecule has 3 saturated heterocycles. The number of amides is 3. The van der Waals surface area contributed by atoms with Crippen LogP contribution in [0.4, 0.5) is 5.82 Å². The third kappa shape index (κ3) is 4.72. The molecule has 4 rings (SSSR count). The smallest absolute Gasteiger partial charge is 0.309 e. The number of likely N-dealkylation sites (tertiary alicyclic amines) is 1. The Hall–Kier alpha value is -2.97. The summed E-state index contributed by atoms with van der Waals surface area (Å²) in [6, 6.07) is 1.98. The number of carbonyl (C=O) groups is 4. The third-order valence-corrected chi connectivity index (χ3v) is 7.55. The van der Waals surface area contributed by atoms with Gasteiger partial charge in [-0.3, -0.25) is 24.5 Å². The molecule has 3 amide bonds. The van der Waals surface area contributed by atoms with Crippen molar-refractivity contribution < 1.29 is 24.3 Å². The predicted molar refractivity (Wildman–Crippen MR) is 121 cm³/mol. The fourth-order valence-corrected chi connectivity index (χ4v) is 5.15. The number of rotatable bonds is 4. The van der Waals surface area contributed by atoms with E-state index >= 15 is 0 Å². The summed E-state index contributed by atoms with van der Waals surface area (Å²) in [6.45, 7) is 6.19. The fraction of sp³-hybridized carbons (Fsp3) is 0.625. The van der Waals surface area contributed by atoms with Crippen molar-refractivity contribution in [2.24, 2.45) is 11.3 Å². The SMILES string of the molecule is Cc1cc(C2CCC(=O)NC2=O)cnc1N1CCC(C(=O)N2CCC(C)(C(=O)O)CC2)CC1. The molecule has 33 heavy (non-hydrogen) atoms. The molecular formula is C24H32N4O5. The van der Waals surface area contributed by atoms with Crippen molar-refractivity contribution in [1.82, 2.24) is 15.2 Å². The van der Waals surface area contributed by atoms with Crippen LogP contribution < -0.4 is 10.2 Å². The topological polar surface area (TPSA) is 120 Å². The molecule has 178 valence electrons. The zero-order valence-corrected chi connectivity index (χ0v) is 19.3. The average Bonchev–Trinajstić information content (AvgIpc) is 2.79. The lowest BCUT2D eigenvalue weighted by Gasteiger charge is -2.40. The zero-order valence-electron chi connectivity index (χ0n) is 19.3. The highest BCUT2D eigenvalue weighted by Gasteiger charge is 2.39. The molecule has 3 aliphatic heterocycles. The van der Waals surface area contributed by atoms with E-state index in [-0.39, 0.29) is 29.6 Å². The van der Waals surface area contributed by atoms with Gasteiger partial charge in [-0.1, -0.05) is 6.07 Å². The Morgan fingerprint density at radius 3 is 2.36 bits per heavy atom. The number of aromatic nitrogens is 1. The van der Waals surface area contributed by atoms with Crippen LogP contribution in [0, 0.1) is 18.3 Å². The van der Waals surface area contributed by atoms with E-state index in [0.717, 1.165) is 42.9 Å². The van der Waals surface area contributed by atoms with Gasteiger partial charge in [-0.25, -0.2) is 4.98 Å². The molecule has 1 unspecified atom stereocenters. The first-order chi connectivity index (χ1) is 15.7. The maximum absolute atomic E-state index is 13.0. The Bertz CT molecular complexity index is 962. The molecular weight excluding hydrogens is 424 g/mol. The van der Waals surface area contributed by atoms with Gasteiger partial charge in [0.2, 0.25) is 17.7 Å². The molecule has 1 aromatic rings. The number of carbonyl (C=O) groups excluding carboxylic acids is 3. The van der Waals surface area contributed by atoms with Crippen LogP contribution in [0.5, 0.6) is 0 Å². The molecule has 9 heteroatoms. The number of pyridine rings is 1. The van der Waals surface area contributed by atoms with Gasteiger partial charge in [0.25, 0.3) is 0 Å². The molecule has 9 nitrogen and oxygen atoms in total. The molecule has 4 heterocycles. The largest absolute Gasteiger partial charge is 0.481 e. The third-order valence-electron chi connectivity index (χ3n) is 7.55. The Kier molecular flexibility index (Phi) is 6.41. The van der Waals surface area contributed by atoms with E-state index in [2.05, 4.69) is 15.2 Å². The highest BCUT2D eigenvalue weighted by molar-refractivity contribution is 6.00. The van der Waals surface area contributed by atoms with E-state index in [1.807, 2.05) is 17.9 Å². The highest BCUT2D eigenvalue weighted by Crippen LogP contribution is 2.33. The maximum Gasteiger partial charge on any atom is 0.309 e. The van der Waals surface area contributed by atoms with Crippen LogP contribution in [0.1, 0.15) is 62.5 Å². The van der Waals surface area contributed by atoms with Gasteiger partial charge in [0.15, 0.2) is 0 Å². The van der Waals surface area contributed by atoms with Crippen molar-refractivity contribution in [3.63, 3.8) is 0 Å². The second-order valence-electron chi connectivity index (χ2n) is 9.87. The normalized spacial score (nSPS) is 23.9. The van der Waals surface area contributed by atoms with Gasteiger partial charge in [0.05, 0.1) is 11.3 Å². The standard InChI is InChI=1S/C24H32N4O5/c1-15-13-17(18-3-4-19(29)26-21(18)30)14-25-20(15)27-9-5-16(6-10-27)22(31)28-11-7-24(2,8-12-28)23(32)33/h13-14,16,18H,3-12H2,1-2H3,(H,32,33)(H,26,29,30). The number of piperidine rings is 3. The first-order valence-corrected chi connectivity index (χ1v) is 11.8. The van der Waals surface area contributed by atoms with Crippen LogP contribution >= 0.6 is 0 Å². The first kappa shape index (κ1) is 23.2. The summed E-state index contributed by atoms with van der Waals surface area (Å²) in [5.74, 6) is -0.657. The van der Waals surface area contributed by atoms with E-state index in [9.17, 15) is 24.3 Å². The van der Waals surface area contributed by atoms with Gasteiger partial charge in [-0.05, 0) is 57.1 Å². The van der Waals surface area contributed by atoms with Crippen LogP contribution in [-0.2, 0) is 19.2 Å². The number of anilines is 1. The van der Waals surface area contributed by atoms with E-state index in [0.29, 0.717) is 38.8 Å². The minimum Gasteiger partial charge on any atom is -0.481 e. The van der Waals surface area contributed by atoms with Gasteiger partial charge < -0.3 is 14.9 Å². The molecule has 1 atom stereocenters. The average molecular weight is 457 g/mol. The molecule has 0 bridgehead atoms. The van der Waals surface area contributed by atoms with Crippen molar-refractivity contribution in [3.8, 4) is 0 Å². The summed E-state index contributed by atoms with van der Waals surface area (Å²) < 4.78 is 0. The predicted octanol–water partition coefficient (Wildman–Crippen LogP) is 1.84. The lowest BCUT2D eigenvalue weighted by molar-refractivity contribution is -0.154. The van der Waals surface area contributed by atoms with Gasteiger partial charge in [-0.15, -0.1) is 0 Å². The summed E-state index contributed by atoms with van der Waals surface area (Å²) >= 11 is 0. The lowest BCUT2D eigenvalue weighted by atomic mass is 9.80. The Labute approximate surface area is 193 Å². The fourth-order valence-electron chi connectivity index (χ4n) is 5.15. The first-order valence-electron chi connectivity index (χ1n) is 11.8. The maximum atomic E-state index is 13.0. The van der Waals surface area contributed by atoms with Crippen LogP contribution in [0.15, 0.2) is 12.3 Å². The number of carboxylic acid groups (broad SMARTS) is 1. The van der Waals surface area contributed by atoms with E-state index < -0.39 is 11.4 Å². The van der Waals surface area contributed by atoms with Crippen LogP contribution in [0.2, 0.25) is 0 Å². The van der Waals surface area contributed by atoms with Gasteiger partial charge in [-0.2, -0.15) is 0 Å². The van der Waals surface area contributed by atoms with Gasteiger partial charge in [0.1, 0.15) is 5.82 Å². The van der Waals surface area contributed by atoms with Crippen molar-refractivity contribution in [2.45, 2.75) is 58.3 Å². The second kappa shape index (κ2) is 9.11. The zero-order chi connectivity index (χ0) is 23.8. The van der Waals surface area contributed by atoms with Gasteiger partial charge >= 0.3 is 5.97 Å². The van der Waals surface area contributed by atoms with E-state index in [1.165, 1.54) is 0 Å². The molecule has 3 aliphatic rings. The van der Waals surface area contributed by atoms with Crippen LogP contribution in [-0.4, -0.2) is 64.9 Å². The highest BCUT2D eigenvalue weighted by atomic mass is 16.4. The van der Waals surface area contributed by atoms with Crippen LogP contribution in [0.25, 0.3) is 0 Å². The lowest BCUT2D eigenvalue weighted by Crippen LogP contribution is -2.49.